The number of aliphatic imine (C=N–C) groups is 1. The molecule has 0 bridgehead atoms. The molecule has 80 valence electrons. The lowest BCUT2D eigenvalue weighted by Gasteiger charge is -2.13. The van der Waals surface area contributed by atoms with Gasteiger partial charge in [-0.1, -0.05) is 26.7 Å². The third-order valence-corrected chi connectivity index (χ3v) is 2.92. The van der Waals surface area contributed by atoms with Crippen LogP contribution in [0.2, 0.25) is 0 Å². The zero-order chi connectivity index (χ0) is 10.4. The number of nitrogens with zero attached hydrogens (tertiary/aromatic N) is 1. The predicted octanol–water partition coefficient (Wildman–Crippen LogP) is 3.24. The molecule has 1 heterocycles. The average Bonchev–Trinajstić information content (AvgIpc) is 2.39. The molecule has 0 amide bonds. The quantitative estimate of drug-likeness (QED) is 0.733. The van der Waals surface area contributed by atoms with Gasteiger partial charge in [-0.15, -0.1) is 0 Å². The maximum absolute atomic E-state index is 5.70. The highest BCUT2D eigenvalue weighted by molar-refractivity contribution is 5.81. The standard InChI is InChI=1S/C12H22N2/c1-3-4-6-10(2)11-7-5-8-12(13)14-9-11/h9-10H,3-8H2,1-2H3,(H2,13,14). The van der Waals surface area contributed by atoms with Gasteiger partial charge in [0.15, 0.2) is 0 Å². The van der Waals surface area contributed by atoms with Gasteiger partial charge >= 0.3 is 0 Å². The third kappa shape index (κ3) is 3.52. The molecule has 0 spiro atoms. The minimum atomic E-state index is 0.685. The van der Waals surface area contributed by atoms with Gasteiger partial charge in [0.25, 0.3) is 0 Å². The molecule has 1 rings (SSSR count). The summed E-state index contributed by atoms with van der Waals surface area (Å²) < 4.78 is 0. The lowest BCUT2D eigenvalue weighted by atomic mass is 9.92. The van der Waals surface area contributed by atoms with Gasteiger partial charge in [0.1, 0.15) is 0 Å². The van der Waals surface area contributed by atoms with Crippen LogP contribution in [0.4, 0.5) is 0 Å². The summed E-state index contributed by atoms with van der Waals surface area (Å²) in [5, 5.41) is 0. The van der Waals surface area contributed by atoms with Gasteiger partial charge in [0, 0.05) is 12.6 Å². The normalized spacial score (nSPS) is 19.6. The van der Waals surface area contributed by atoms with E-state index in [9.17, 15) is 0 Å². The highest BCUT2D eigenvalue weighted by Crippen LogP contribution is 2.24. The molecule has 0 aromatic carbocycles. The molecule has 0 radical (unpaired) electrons. The van der Waals surface area contributed by atoms with Crippen LogP contribution in [0.15, 0.2) is 16.8 Å². The Labute approximate surface area is 87.3 Å². The first kappa shape index (κ1) is 11.3. The fraction of sp³-hybridized carbons (Fsp3) is 0.750. The number of hydrogen-bond donors (Lipinski definition) is 1. The molecule has 0 fully saturated rings. The van der Waals surface area contributed by atoms with Crippen LogP contribution in [0.25, 0.3) is 0 Å². The van der Waals surface area contributed by atoms with Gasteiger partial charge in [-0.25, -0.2) is 4.99 Å². The number of nitrogens with two attached hydrogens (primary N) is 1. The van der Waals surface area contributed by atoms with Crippen LogP contribution >= 0.6 is 0 Å². The fourth-order valence-corrected chi connectivity index (χ4v) is 1.84. The summed E-state index contributed by atoms with van der Waals surface area (Å²) in [4.78, 5) is 4.27. The number of rotatable bonds is 4. The SMILES string of the molecule is CCCCC(C)C1=CN=C(N)CCC1. The second kappa shape index (κ2) is 5.84. The Morgan fingerprint density at radius 1 is 1.50 bits per heavy atom. The molecular formula is C12H22N2. The number of allylic oxidation sites excluding steroid dienone is 1. The first-order valence-electron chi connectivity index (χ1n) is 5.75. The van der Waals surface area contributed by atoms with E-state index in [1.807, 2.05) is 6.20 Å². The van der Waals surface area contributed by atoms with E-state index < -0.39 is 0 Å². The van der Waals surface area contributed by atoms with Gasteiger partial charge < -0.3 is 5.73 Å². The van der Waals surface area contributed by atoms with Crippen molar-refractivity contribution < 1.29 is 0 Å². The molecule has 1 unspecified atom stereocenters. The van der Waals surface area contributed by atoms with E-state index in [4.69, 9.17) is 5.73 Å². The predicted molar refractivity (Wildman–Crippen MR) is 62.2 cm³/mol. The summed E-state index contributed by atoms with van der Waals surface area (Å²) in [6.07, 6.45) is 9.19. The molecule has 1 aliphatic rings. The van der Waals surface area contributed by atoms with Gasteiger partial charge in [0.05, 0.1) is 5.84 Å². The van der Waals surface area contributed by atoms with Crippen molar-refractivity contribution in [3.63, 3.8) is 0 Å². The molecule has 1 aliphatic heterocycles. The van der Waals surface area contributed by atoms with Crippen molar-refractivity contribution in [2.24, 2.45) is 16.6 Å². The van der Waals surface area contributed by atoms with Crippen molar-refractivity contribution in [2.45, 2.75) is 52.4 Å². The second-order valence-electron chi connectivity index (χ2n) is 4.22. The molecule has 2 nitrogen and oxygen atoms in total. The van der Waals surface area contributed by atoms with E-state index in [-0.39, 0.29) is 0 Å². The molecule has 1 atom stereocenters. The number of amidine groups is 1. The van der Waals surface area contributed by atoms with Crippen molar-refractivity contribution in [1.82, 2.24) is 0 Å². The molecule has 0 aromatic heterocycles. The van der Waals surface area contributed by atoms with Crippen molar-refractivity contribution in [3.05, 3.63) is 11.8 Å². The average molecular weight is 194 g/mol. The summed E-state index contributed by atoms with van der Waals surface area (Å²) in [5.41, 5.74) is 7.19. The van der Waals surface area contributed by atoms with Gasteiger partial charge in [0.2, 0.25) is 0 Å². The molecular weight excluding hydrogens is 172 g/mol. The number of hydrogen-bond acceptors (Lipinski definition) is 2. The minimum absolute atomic E-state index is 0.685. The van der Waals surface area contributed by atoms with Crippen molar-refractivity contribution in [1.29, 1.82) is 0 Å². The first-order valence-corrected chi connectivity index (χ1v) is 5.75. The van der Waals surface area contributed by atoms with Crippen molar-refractivity contribution in [2.75, 3.05) is 0 Å². The molecule has 0 saturated heterocycles. The first-order chi connectivity index (χ1) is 6.74. The summed E-state index contributed by atoms with van der Waals surface area (Å²) in [5.74, 6) is 1.48. The van der Waals surface area contributed by atoms with Crippen LogP contribution < -0.4 is 5.73 Å². The fourth-order valence-electron chi connectivity index (χ4n) is 1.84. The van der Waals surface area contributed by atoms with Gasteiger partial charge in [-0.2, -0.15) is 0 Å². The monoisotopic (exact) mass is 194 g/mol. The molecule has 0 aliphatic carbocycles. The van der Waals surface area contributed by atoms with Crippen LogP contribution in [-0.4, -0.2) is 5.84 Å². The highest BCUT2D eigenvalue weighted by atomic mass is 14.8. The number of unbranched alkanes of at least 4 members (excludes halogenated alkanes) is 1. The maximum Gasteiger partial charge on any atom is 0.0989 e. The smallest absolute Gasteiger partial charge is 0.0989 e. The summed E-state index contributed by atoms with van der Waals surface area (Å²) in [6.45, 7) is 4.54. The highest BCUT2D eigenvalue weighted by Gasteiger charge is 2.10. The zero-order valence-electron chi connectivity index (χ0n) is 9.42. The van der Waals surface area contributed by atoms with E-state index in [2.05, 4.69) is 18.8 Å². The van der Waals surface area contributed by atoms with Crippen molar-refractivity contribution in [3.8, 4) is 0 Å². The van der Waals surface area contributed by atoms with Gasteiger partial charge in [-0.05, 0) is 30.8 Å². The van der Waals surface area contributed by atoms with E-state index in [0.717, 1.165) is 18.7 Å². The van der Waals surface area contributed by atoms with Crippen LogP contribution in [-0.2, 0) is 0 Å². The summed E-state index contributed by atoms with van der Waals surface area (Å²) in [7, 11) is 0. The molecule has 0 aromatic rings. The largest absolute Gasteiger partial charge is 0.387 e. The Bertz CT molecular complexity index is 228. The molecule has 2 N–H and O–H groups in total. The van der Waals surface area contributed by atoms with E-state index in [1.165, 1.54) is 31.3 Å². The molecule has 0 saturated carbocycles. The molecule has 2 heteroatoms. The Hall–Kier alpha value is -0.790. The Morgan fingerprint density at radius 2 is 2.29 bits per heavy atom. The van der Waals surface area contributed by atoms with Crippen LogP contribution in [0.1, 0.15) is 52.4 Å². The second-order valence-corrected chi connectivity index (χ2v) is 4.22. The van der Waals surface area contributed by atoms with Gasteiger partial charge in [-0.3, -0.25) is 0 Å². The minimum Gasteiger partial charge on any atom is -0.387 e. The van der Waals surface area contributed by atoms with E-state index >= 15 is 0 Å². The zero-order valence-corrected chi connectivity index (χ0v) is 9.42. The van der Waals surface area contributed by atoms with E-state index in [0.29, 0.717) is 5.92 Å². The van der Waals surface area contributed by atoms with Crippen LogP contribution in [0.3, 0.4) is 0 Å². The lowest BCUT2D eigenvalue weighted by molar-refractivity contribution is 0.550. The Balaban J connectivity index is 2.49. The Morgan fingerprint density at radius 3 is 3.00 bits per heavy atom. The summed E-state index contributed by atoms with van der Waals surface area (Å²) >= 11 is 0. The van der Waals surface area contributed by atoms with Crippen molar-refractivity contribution >= 4 is 5.84 Å². The van der Waals surface area contributed by atoms with E-state index in [1.54, 1.807) is 0 Å². The third-order valence-electron chi connectivity index (χ3n) is 2.92. The topological polar surface area (TPSA) is 38.4 Å². The Kier molecular flexibility index (Phi) is 4.71. The van der Waals surface area contributed by atoms with Crippen LogP contribution in [0, 0.1) is 5.92 Å². The summed E-state index contributed by atoms with van der Waals surface area (Å²) in [6, 6.07) is 0. The van der Waals surface area contributed by atoms with Crippen LogP contribution in [0.5, 0.6) is 0 Å². The lowest BCUT2D eigenvalue weighted by Crippen LogP contribution is -2.09. The molecule has 14 heavy (non-hydrogen) atoms. The maximum atomic E-state index is 5.70.